The minimum Gasteiger partial charge on any atom is -0.351 e. The number of aliphatic imine (C=N–C) groups is 1. The van der Waals surface area contributed by atoms with Gasteiger partial charge in [-0.1, -0.05) is 41.5 Å². The van der Waals surface area contributed by atoms with Crippen LogP contribution in [0.5, 0.6) is 0 Å². The molecule has 0 N–H and O–H groups in total. The fraction of sp³-hybridized carbons (Fsp3) is 0.909. The Morgan fingerprint density at radius 2 is 2.40 bits per heavy atom. The highest BCUT2D eigenvalue weighted by Crippen LogP contribution is 2.30. The van der Waals surface area contributed by atoms with E-state index in [0.717, 1.165) is 23.7 Å². The highest BCUT2D eigenvalue weighted by Gasteiger charge is 2.30. The molecule has 2 aliphatic heterocycles. The third-order valence-electron chi connectivity index (χ3n) is 3.31. The van der Waals surface area contributed by atoms with E-state index in [9.17, 15) is 0 Å². The molecule has 0 aromatic rings. The van der Waals surface area contributed by atoms with Crippen LogP contribution in [-0.2, 0) is 0 Å². The van der Waals surface area contributed by atoms with E-state index in [2.05, 4.69) is 39.7 Å². The largest absolute Gasteiger partial charge is 0.351 e. The molecule has 15 heavy (non-hydrogen) atoms. The first-order valence-electron chi connectivity index (χ1n) is 5.72. The highest BCUT2D eigenvalue weighted by atomic mass is 79.9. The van der Waals surface area contributed by atoms with Gasteiger partial charge in [-0.2, -0.15) is 0 Å². The van der Waals surface area contributed by atoms with Crippen molar-refractivity contribution in [3.8, 4) is 0 Å². The SMILES string of the molecule is CC(C)C1CCN(C2=NCC(CBr)S2)C1. The Balaban J connectivity index is 1.87. The van der Waals surface area contributed by atoms with E-state index in [1.54, 1.807) is 0 Å². The molecule has 0 radical (unpaired) electrons. The first kappa shape index (κ1) is 11.8. The van der Waals surface area contributed by atoms with Crippen LogP contribution in [0.15, 0.2) is 4.99 Å². The van der Waals surface area contributed by atoms with Crippen LogP contribution in [0.3, 0.4) is 0 Å². The van der Waals surface area contributed by atoms with Crippen molar-refractivity contribution in [2.45, 2.75) is 25.5 Å². The monoisotopic (exact) mass is 290 g/mol. The van der Waals surface area contributed by atoms with E-state index in [4.69, 9.17) is 0 Å². The van der Waals surface area contributed by atoms with Crippen molar-refractivity contribution < 1.29 is 0 Å². The molecule has 86 valence electrons. The van der Waals surface area contributed by atoms with Crippen LogP contribution in [-0.4, -0.2) is 40.3 Å². The van der Waals surface area contributed by atoms with E-state index in [1.807, 2.05) is 11.8 Å². The smallest absolute Gasteiger partial charge is 0.159 e. The van der Waals surface area contributed by atoms with Crippen LogP contribution in [0.25, 0.3) is 0 Å². The maximum Gasteiger partial charge on any atom is 0.159 e. The molecule has 0 aromatic carbocycles. The summed E-state index contributed by atoms with van der Waals surface area (Å²) < 4.78 is 0. The number of thioether (sulfide) groups is 1. The maximum absolute atomic E-state index is 4.64. The molecule has 0 aromatic heterocycles. The molecule has 2 atom stereocenters. The van der Waals surface area contributed by atoms with Gasteiger partial charge in [-0.3, -0.25) is 4.99 Å². The Labute approximate surface area is 105 Å². The Bertz CT molecular complexity index is 255. The predicted molar refractivity (Wildman–Crippen MR) is 72.0 cm³/mol. The molecule has 2 rings (SSSR count). The Kier molecular flexibility index (Phi) is 3.99. The summed E-state index contributed by atoms with van der Waals surface area (Å²) in [6.45, 7) is 8.09. The topological polar surface area (TPSA) is 15.6 Å². The number of alkyl halides is 1. The lowest BCUT2D eigenvalue weighted by atomic mass is 9.95. The lowest BCUT2D eigenvalue weighted by Crippen LogP contribution is -2.26. The standard InChI is InChI=1S/C11H19BrN2S/c1-8(2)9-3-4-14(7-9)11-13-6-10(5-12)15-11/h8-10H,3-7H2,1-2H3. The van der Waals surface area contributed by atoms with Crippen molar-refractivity contribution in [2.24, 2.45) is 16.8 Å². The normalized spacial score (nSPS) is 31.5. The molecule has 1 saturated heterocycles. The summed E-state index contributed by atoms with van der Waals surface area (Å²) in [5, 5.41) is 3.02. The third-order valence-corrected chi connectivity index (χ3v) is 5.77. The second kappa shape index (κ2) is 5.09. The van der Waals surface area contributed by atoms with Gasteiger partial charge in [0.1, 0.15) is 0 Å². The lowest BCUT2D eigenvalue weighted by Gasteiger charge is -2.19. The third kappa shape index (κ3) is 2.70. The summed E-state index contributed by atoms with van der Waals surface area (Å²) in [7, 11) is 0. The van der Waals surface area contributed by atoms with Crippen molar-refractivity contribution in [1.82, 2.24) is 4.90 Å². The van der Waals surface area contributed by atoms with Gasteiger partial charge in [0, 0.05) is 23.7 Å². The predicted octanol–water partition coefficient (Wildman–Crippen LogP) is 2.83. The zero-order valence-corrected chi connectivity index (χ0v) is 11.9. The minimum absolute atomic E-state index is 0.665. The van der Waals surface area contributed by atoms with Crippen molar-refractivity contribution in [3.05, 3.63) is 0 Å². The fourth-order valence-electron chi connectivity index (χ4n) is 2.16. The van der Waals surface area contributed by atoms with Gasteiger partial charge in [-0.25, -0.2) is 0 Å². The molecule has 2 nitrogen and oxygen atoms in total. The highest BCUT2D eigenvalue weighted by molar-refractivity contribution is 9.09. The molecule has 2 aliphatic rings. The molecule has 2 unspecified atom stereocenters. The Morgan fingerprint density at radius 3 is 2.93 bits per heavy atom. The van der Waals surface area contributed by atoms with Crippen molar-refractivity contribution >= 4 is 32.9 Å². The first-order valence-corrected chi connectivity index (χ1v) is 7.73. The molecule has 0 saturated carbocycles. The number of hydrogen-bond acceptors (Lipinski definition) is 3. The van der Waals surface area contributed by atoms with Crippen LogP contribution >= 0.6 is 27.7 Å². The summed E-state index contributed by atoms with van der Waals surface area (Å²) in [4.78, 5) is 7.12. The molecular weight excluding hydrogens is 272 g/mol. The van der Waals surface area contributed by atoms with Crippen LogP contribution in [0.4, 0.5) is 0 Å². The summed E-state index contributed by atoms with van der Waals surface area (Å²) in [5.41, 5.74) is 0. The summed E-state index contributed by atoms with van der Waals surface area (Å²) in [6.07, 6.45) is 1.34. The molecule has 1 fully saturated rings. The van der Waals surface area contributed by atoms with Crippen LogP contribution < -0.4 is 0 Å². The minimum atomic E-state index is 0.665. The van der Waals surface area contributed by atoms with Gasteiger partial charge >= 0.3 is 0 Å². The van der Waals surface area contributed by atoms with Crippen LogP contribution in [0.2, 0.25) is 0 Å². The molecule has 0 spiro atoms. The van der Waals surface area contributed by atoms with Crippen molar-refractivity contribution in [2.75, 3.05) is 25.0 Å². The molecular formula is C11H19BrN2S. The number of amidine groups is 1. The van der Waals surface area contributed by atoms with Gasteiger partial charge in [0.2, 0.25) is 0 Å². The number of nitrogens with zero attached hydrogens (tertiary/aromatic N) is 2. The summed E-state index contributed by atoms with van der Waals surface area (Å²) >= 11 is 5.49. The maximum atomic E-state index is 4.64. The zero-order chi connectivity index (χ0) is 10.8. The average Bonchev–Trinajstić information content (AvgIpc) is 2.86. The molecule has 2 heterocycles. The van der Waals surface area contributed by atoms with E-state index in [1.165, 1.54) is 24.7 Å². The zero-order valence-electron chi connectivity index (χ0n) is 9.45. The van der Waals surface area contributed by atoms with E-state index >= 15 is 0 Å². The van der Waals surface area contributed by atoms with Gasteiger partial charge in [-0.05, 0) is 18.3 Å². The van der Waals surface area contributed by atoms with Crippen LogP contribution in [0, 0.1) is 11.8 Å². The van der Waals surface area contributed by atoms with Gasteiger partial charge in [0.05, 0.1) is 6.54 Å². The quantitative estimate of drug-likeness (QED) is 0.727. The molecule has 4 heteroatoms. The number of halogens is 1. The number of hydrogen-bond donors (Lipinski definition) is 0. The Hall–Kier alpha value is 0.300. The van der Waals surface area contributed by atoms with E-state index in [0.29, 0.717) is 5.25 Å². The number of rotatable bonds is 2. The summed E-state index contributed by atoms with van der Waals surface area (Å²) in [5.74, 6) is 1.69. The second-order valence-corrected chi connectivity index (χ2v) is 6.67. The lowest BCUT2D eigenvalue weighted by molar-refractivity contribution is 0.391. The van der Waals surface area contributed by atoms with E-state index in [-0.39, 0.29) is 0 Å². The fourth-order valence-corrected chi connectivity index (χ4v) is 3.74. The van der Waals surface area contributed by atoms with Gasteiger partial charge in [0.25, 0.3) is 0 Å². The van der Waals surface area contributed by atoms with Gasteiger partial charge in [0.15, 0.2) is 5.17 Å². The Morgan fingerprint density at radius 1 is 1.60 bits per heavy atom. The molecule has 0 aliphatic carbocycles. The molecule has 0 bridgehead atoms. The molecule has 0 amide bonds. The second-order valence-electron chi connectivity index (χ2n) is 4.76. The van der Waals surface area contributed by atoms with Gasteiger partial charge in [-0.15, -0.1) is 0 Å². The van der Waals surface area contributed by atoms with E-state index < -0.39 is 0 Å². The summed E-state index contributed by atoms with van der Waals surface area (Å²) in [6, 6.07) is 0. The van der Waals surface area contributed by atoms with Crippen molar-refractivity contribution in [1.29, 1.82) is 0 Å². The van der Waals surface area contributed by atoms with Gasteiger partial charge < -0.3 is 4.90 Å². The van der Waals surface area contributed by atoms with Crippen LogP contribution in [0.1, 0.15) is 20.3 Å². The first-order chi connectivity index (χ1) is 7.20. The van der Waals surface area contributed by atoms with Crippen molar-refractivity contribution in [3.63, 3.8) is 0 Å². The number of likely N-dealkylation sites (tertiary alicyclic amines) is 1. The average molecular weight is 291 g/mol.